The first-order chi connectivity index (χ1) is 10.5. The van der Waals surface area contributed by atoms with E-state index in [1.165, 1.54) is 18.9 Å². The minimum Gasteiger partial charge on any atom is -0.464 e. The van der Waals surface area contributed by atoms with Crippen molar-refractivity contribution >= 4 is 17.6 Å². The number of rotatable bonds is 4. The van der Waals surface area contributed by atoms with Crippen LogP contribution in [0.4, 0.5) is 5.69 Å². The normalized spacial score (nSPS) is 10.2. The average Bonchev–Trinajstić information content (AvgIpc) is 2.93. The molecule has 7 nitrogen and oxygen atoms in total. The SMILES string of the molecule is CNc1c(C(=O)OC)nn(-c2ccc(C)cc2)c1C(=O)OC. The van der Waals surface area contributed by atoms with Gasteiger partial charge in [-0.2, -0.15) is 5.10 Å². The zero-order chi connectivity index (χ0) is 16.3. The number of carbonyl (C=O) groups is 2. The van der Waals surface area contributed by atoms with E-state index in [1.54, 1.807) is 19.2 Å². The standard InChI is InChI=1S/C15H17N3O4/c1-9-5-7-10(8-6-9)18-13(15(20)22-4)11(16-2)12(17-18)14(19)21-3/h5-8,16H,1-4H3. The second kappa shape index (κ2) is 6.30. The summed E-state index contributed by atoms with van der Waals surface area (Å²) in [6.07, 6.45) is 0. The van der Waals surface area contributed by atoms with Gasteiger partial charge in [0.1, 0.15) is 5.69 Å². The number of benzene rings is 1. The summed E-state index contributed by atoms with van der Waals surface area (Å²) in [4.78, 5) is 24.0. The molecule has 0 aliphatic heterocycles. The van der Waals surface area contributed by atoms with Crippen LogP contribution >= 0.6 is 0 Å². The molecule has 0 spiro atoms. The van der Waals surface area contributed by atoms with Gasteiger partial charge in [0.2, 0.25) is 0 Å². The quantitative estimate of drug-likeness (QED) is 0.867. The Labute approximate surface area is 127 Å². The lowest BCUT2D eigenvalue weighted by Crippen LogP contribution is -2.12. The number of anilines is 1. The molecule has 1 N–H and O–H groups in total. The van der Waals surface area contributed by atoms with E-state index in [0.717, 1.165) is 5.56 Å². The fraction of sp³-hybridized carbons (Fsp3) is 0.267. The van der Waals surface area contributed by atoms with E-state index in [4.69, 9.17) is 9.47 Å². The van der Waals surface area contributed by atoms with E-state index in [9.17, 15) is 9.59 Å². The maximum atomic E-state index is 12.1. The summed E-state index contributed by atoms with van der Waals surface area (Å²) in [7, 11) is 4.12. The van der Waals surface area contributed by atoms with E-state index >= 15 is 0 Å². The highest BCUT2D eigenvalue weighted by atomic mass is 16.5. The summed E-state index contributed by atoms with van der Waals surface area (Å²) < 4.78 is 10.9. The van der Waals surface area contributed by atoms with Crippen molar-refractivity contribution in [1.29, 1.82) is 0 Å². The molecule has 22 heavy (non-hydrogen) atoms. The molecule has 1 aromatic carbocycles. The monoisotopic (exact) mass is 303 g/mol. The Hall–Kier alpha value is -2.83. The third kappa shape index (κ3) is 2.65. The van der Waals surface area contributed by atoms with Crippen LogP contribution in [-0.2, 0) is 9.47 Å². The van der Waals surface area contributed by atoms with E-state index in [1.807, 2.05) is 19.1 Å². The van der Waals surface area contributed by atoms with E-state index < -0.39 is 11.9 Å². The maximum Gasteiger partial charge on any atom is 0.360 e. The molecule has 0 saturated carbocycles. The van der Waals surface area contributed by atoms with Gasteiger partial charge in [-0.3, -0.25) is 0 Å². The van der Waals surface area contributed by atoms with Crippen LogP contribution in [0.15, 0.2) is 24.3 Å². The van der Waals surface area contributed by atoms with E-state index in [0.29, 0.717) is 5.69 Å². The van der Waals surface area contributed by atoms with Crippen LogP contribution in [0.3, 0.4) is 0 Å². The number of nitrogens with one attached hydrogen (secondary N) is 1. The fourth-order valence-electron chi connectivity index (χ4n) is 2.05. The van der Waals surface area contributed by atoms with Crippen molar-refractivity contribution in [3.63, 3.8) is 0 Å². The third-order valence-electron chi connectivity index (χ3n) is 3.17. The van der Waals surface area contributed by atoms with Gasteiger partial charge in [0.25, 0.3) is 0 Å². The highest BCUT2D eigenvalue weighted by Crippen LogP contribution is 2.25. The second-order valence-corrected chi connectivity index (χ2v) is 4.55. The molecule has 7 heteroatoms. The number of hydrogen-bond acceptors (Lipinski definition) is 6. The van der Waals surface area contributed by atoms with E-state index in [-0.39, 0.29) is 17.1 Å². The first-order valence-corrected chi connectivity index (χ1v) is 6.58. The van der Waals surface area contributed by atoms with Gasteiger partial charge in [0.05, 0.1) is 19.9 Å². The third-order valence-corrected chi connectivity index (χ3v) is 3.17. The Kier molecular flexibility index (Phi) is 4.45. The molecule has 2 aromatic rings. The van der Waals surface area contributed by atoms with Crippen LogP contribution in [0.25, 0.3) is 5.69 Å². The highest BCUT2D eigenvalue weighted by Gasteiger charge is 2.28. The Morgan fingerprint density at radius 2 is 1.68 bits per heavy atom. The van der Waals surface area contributed by atoms with Crippen LogP contribution < -0.4 is 5.32 Å². The molecule has 0 unspecified atom stereocenters. The molecular formula is C15H17N3O4. The zero-order valence-corrected chi connectivity index (χ0v) is 12.8. The smallest absolute Gasteiger partial charge is 0.360 e. The number of esters is 2. The minimum absolute atomic E-state index is 0.0194. The molecule has 0 saturated heterocycles. The number of aromatic nitrogens is 2. The lowest BCUT2D eigenvalue weighted by molar-refractivity contribution is 0.0585. The van der Waals surface area contributed by atoms with Gasteiger partial charge in [-0.15, -0.1) is 0 Å². The zero-order valence-electron chi connectivity index (χ0n) is 12.8. The summed E-state index contributed by atoms with van der Waals surface area (Å²) in [6, 6.07) is 7.37. The van der Waals surface area contributed by atoms with Crippen LogP contribution in [0.1, 0.15) is 26.5 Å². The van der Waals surface area contributed by atoms with Gasteiger partial charge < -0.3 is 14.8 Å². The van der Waals surface area contributed by atoms with Crippen LogP contribution in [0.2, 0.25) is 0 Å². The predicted octanol–water partition coefficient (Wildman–Crippen LogP) is 1.80. The first-order valence-electron chi connectivity index (χ1n) is 6.58. The van der Waals surface area contributed by atoms with Crippen molar-refractivity contribution in [1.82, 2.24) is 9.78 Å². The topological polar surface area (TPSA) is 82.5 Å². The lowest BCUT2D eigenvalue weighted by Gasteiger charge is -2.07. The Balaban J connectivity index is 2.71. The van der Waals surface area contributed by atoms with Gasteiger partial charge in [-0.25, -0.2) is 14.3 Å². The number of carbonyl (C=O) groups excluding carboxylic acids is 2. The van der Waals surface area contributed by atoms with Crippen molar-refractivity contribution in [3.05, 3.63) is 41.2 Å². The molecular weight excluding hydrogens is 286 g/mol. The van der Waals surface area contributed by atoms with Crippen molar-refractivity contribution in [2.24, 2.45) is 0 Å². The molecule has 1 heterocycles. The number of hydrogen-bond donors (Lipinski definition) is 1. The summed E-state index contributed by atoms with van der Waals surface area (Å²) in [5, 5.41) is 7.01. The van der Waals surface area contributed by atoms with Gasteiger partial charge in [0, 0.05) is 7.05 Å². The number of nitrogens with zero attached hydrogens (tertiary/aromatic N) is 2. The maximum absolute atomic E-state index is 12.1. The molecule has 0 fully saturated rings. The average molecular weight is 303 g/mol. The molecule has 0 atom stereocenters. The first kappa shape index (κ1) is 15.6. The summed E-state index contributed by atoms with van der Waals surface area (Å²) in [5.74, 6) is -1.24. The minimum atomic E-state index is -0.639. The molecule has 0 aliphatic rings. The summed E-state index contributed by atoms with van der Waals surface area (Å²) in [5.41, 5.74) is 2.12. The summed E-state index contributed by atoms with van der Waals surface area (Å²) >= 11 is 0. The number of methoxy groups -OCH3 is 2. The Bertz CT molecular complexity index is 704. The Morgan fingerprint density at radius 1 is 1.09 bits per heavy atom. The lowest BCUT2D eigenvalue weighted by atomic mass is 10.2. The fourth-order valence-corrected chi connectivity index (χ4v) is 2.05. The number of aryl methyl sites for hydroxylation is 1. The number of ether oxygens (including phenoxy) is 2. The van der Waals surface area contributed by atoms with Gasteiger partial charge in [-0.1, -0.05) is 17.7 Å². The van der Waals surface area contributed by atoms with Gasteiger partial charge >= 0.3 is 11.9 Å². The van der Waals surface area contributed by atoms with Crippen LogP contribution in [0, 0.1) is 6.92 Å². The van der Waals surface area contributed by atoms with Crippen molar-refractivity contribution < 1.29 is 19.1 Å². The van der Waals surface area contributed by atoms with Crippen molar-refractivity contribution in [2.45, 2.75) is 6.92 Å². The van der Waals surface area contributed by atoms with Crippen LogP contribution in [-0.4, -0.2) is 43.0 Å². The molecule has 116 valence electrons. The predicted molar refractivity (Wildman–Crippen MR) is 80.5 cm³/mol. The van der Waals surface area contributed by atoms with E-state index in [2.05, 4.69) is 10.4 Å². The molecule has 1 aromatic heterocycles. The second-order valence-electron chi connectivity index (χ2n) is 4.55. The van der Waals surface area contributed by atoms with Gasteiger partial charge in [-0.05, 0) is 19.1 Å². The molecule has 0 bridgehead atoms. The molecule has 0 radical (unpaired) electrons. The van der Waals surface area contributed by atoms with Crippen molar-refractivity contribution in [3.8, 4) is 5.69 Å². The van der Waals surface area contributed by atoms with Gasteiger partial charge in [0.15, 0.2) is 11.4 Å². The molecule has 0 amide bonds. The Morgan fingerprint density at radius 3 is 2.18 bits per heavy atom. The largest absolute Gasteiger partial charge is 0.464 e. The summed E-state index contributed by atoms with van der Waals surface area (Å²) in [6.45, 7) is 1.95. The van der Waals surface area contributed by atoms with Crippen LogP contribution in [0.5, 0.6) is 0 Å². The highest BCUT2D eigenvalue weighted by molar-refractivity contribution is 6.02. The molecule has 2 rings (SSSR count). The molecule has 0 aliphatic carbocycles. The van der Waals surface area contributed by atoms with Crippen molar-refractivity contribution in [2.75, 3.05) is 26.6 Å².